The van der Waals surface area contributed by atoms with Gasteiger partial charge in [0.15, 0.2) is 29.7 Å². The van der Waals surface area contributed by atoms with Crippen LogP contribution in [0.2, 0.25) is 0 Å². The molecular weight excluding hydrogens is 633 g/mol. The zero-order valence-electron chi connectivity index (χ0n) is 17.6. The van der Waals surface area contributed by atoms with Crippen LogP contribution in [0.25, 0.3) is 0 Å². The van der Waals surface area contributed by atoms with Gasteiger partial charge >= 0.3 is 35.7 Å². The van der Waals surface area contributed by atoms with Crippen LogP contribution < -0.4 is 4.74 Å². The third kappa shape index (κ3) is 4.90. The topological polar surface area (TPSA) is 33.0 Å². The molecule has 0 fully saturated rings. The molecular formula is C17H4F21NO. The molecule has 1 aromatic rings. The van der Waals surface area contributed by atoms with E-state index >= 15 is 0 Å². The zero-order valence-corrected chi connectivity index (χ0v) is 17.6. The van der Waals surface area contributed by atoms with Crippen LogP contribution in [0.1, 0.15) is 5.56 Å². The van der Waals surface area contributed by atoms with Crippen molar-refractivity contribution in [1.82, 2.24) is 0 Å². The minimum atomic E-state index is -8.73. The summed E-state index contributed by atoms with van der Waals surface area (Å²) in [5.41, 5.74) is -2.69. The van der Waals surface area contributed by atoms with Gasteiger partial charge in [-0.05, 0) is 0 Å². The van der Waals surface area contributed by atoms with Gasteiger partial charge in [0, 0.05) is 0 Å². The summed E-state index contributed by atoms with van der Waals surface area (Å²) in [6.07, 6.45) is -28.6. The largest absolute Gasteiger partial charge is 0.471 e. The smallest absolute Gasteiger partial charge is 0.423 e. The Kier molecular flexibility index (Phi) is 9.17. The van der Waals surface area contributed by atoms with Crippen LogP contribution in [0.4, 0.5) is 92.2 Å². The molecule has 23 heteroatoms. The fourth-order valence-corrected chi connectivity index (χ4v) is 2.46. The molecule has 0 saturated carbocycles. The fraction of sp³-hybridized carbons (Fsp3) is 0.588. The lowest BCUT2D eigenvalue weighted by molar-refractivity contribution is -0.450. The van der Waals surface area contributed by atoms with Crippen LogP contribution in [0.15, 0.2) is 0 Å². The fourth-order valence-electron chi connectivity index (χ4n) is 2.46. The molecule has 0 aliphatic heterocycles. The lowest BCUT2D eigenvalue weighted by atomic mass is 9.90. The van der Waals surface area contributed by atoms with Crippen LogP contribution in [0.5, 0.6) is 5.75 Å². The average Bonchev–Trinajstić information content (AvgIpc) is 2.83. The number of ether oxygens (including phenoxy) is 1. The van der Waals surface area contributed by atoms with E-state index in [-0.39, 0.29) is 6.07 Å². The second-order valence-electron chi connectivity index (χ2n) is 7.24. The molecule has 0 aliphatic carbocycles. The van der Waals surface area contributed by atoms with E-state index < -0.39 is 95.2 Å². The lowest BCUT2D eigenvalue weighted by Crippen LogP contribution is -2.73. The van der Waals surface area contributed by atoms with E-state index in [0.29, 0.717) is 0 Å². The van der Waals surface area contributed by atoms with Crippen molar-refractivity contribution in [2.24, 2.45) is 0 Å². The van der Waals surface area contributed by atoms with Crippen molar-refractivity contribution in [3.05, 3.63) is 28.8 Å². The summed E-state index contributed by atoms with van der Waals surface area (Å²) < 4.78 is 284. The van der Waals surface area contributed by atoms with E-state index in [2.05, 4.69) is 4.74 Å². The molecule has 0 amide bonds. The predicted molar refractivity (Wildman–Crippen MR) is 82.0 cm³/mol. The highest BCUT2D eigenvalue weighted by molar-refractivity contribution is 5.46. The zero-order chi connectivity index (χ0) is 32.2. The van der Waals surface area contributed by atoms with Gasteiger partial charge in [-0.2, -0.15) is 62.3 Å². The minimum absolute atomic E-state index is 0.159. The molecule has 3 atom stereocenters. The highest BCUT2D eigenvalue weighted by atomic mass is 19.4. The Morgan fingerprint density at radius 2 is 0.950 bits per heavy atom. The first-order valence-corrected chi connectivity index (χ1v) is 9.04. The van der Waals surface area contributed by atoms with Crippen LogP contribution in [0, 0.1) is 34.6 Å². The second-order valence-corrected chi connectivity index (χ2v) is 7.24. The maximum atomic E-state index is 13.8. The molecule has 0 saturated heterocycles. The Hall–Kier alpha value is -2.96. The van der Waals surface area contributed by atoms with Crippen molar-refractivity contribution in [3.8, 4) is 11.8 Å². The Morgan fingerprint density at radius 3 is 1.35 bits per heavy atom. The summed E-state index contributed by atoms with van der Waals surface area (Å²) in [6.45, 7) is 0. The molecule has 0 spiro atoms. The molecule has 0 bridgehead atoms. The molecule has 3 unspecified atom stereocenters. The summed E-state index contributed by atoms with van der Waals surface area (Å²) in [5, 5.41) is 8.45. The third-order valence-corrected chi connectivity index (χ3v) is 4.70. The van der Waals surface area contributed by atoms with E-state index in [1.165, 1.54) is 0 Å². The van der Waals surface area contributed by atoms with Crippen LogP contribution in [0.3, 0.4) is 0 Å². The molecule has 2 nitrogen and oxygen atoms in total. The van der Waals surface area contributed by atoms with Gasteiger partial charge in [0.25, 0.3) is 6.43 Å². The number of hydrogen-bond donors (Lipinski definition) is 0. The number of nitrogens with zero attached hydrogens (tertiary/aromatic N) is 1. The van der Waals surface area contributed by atoms with Gasteiger partial charge in [0.1, 0.15) is 11.6 Å². The monoisotopic (exact) mass is 637 g/mol. The van der Waals surface area contributed by atoms with E-state index in [9.17, 15) is 92.2 Å². The molecule has 0 aromatic heterocycles. The Morgan fingerprint density at radius 1 is 0.550 bits per heavy atom. The van der Waals surface area contributed by atoms with Crippen molar-refractivity contribution in [2.75, 3.05) is 0 Å². The quantitative estimate of drug-likeness (QED) is 0.143. The molecule has 1 rings (SSSR count). The predicted octanol–water partition coefficient (Wildman–Crippen LogP) is 7.54. The maximum absolute atomic E-state index is 13.8. The van der Waals surface area contributed by atoms with Crippen molar-refractivity contribution in [2.45, 2.75) is 60.7 Å². The van der Waals surface area contributed by atoms with Crippen molar-refractivity contribution in [1.29, 1.82) is 5.26 Å². The van der Waals surface area contributed by atoms with Crippen molar-refractivity contribution < 1.29 is 96.9 Å². The molecule has 0 N–H and O–H groups in total. The van der Waals surface area contributed by atoms with Gasteiger partial charge < -0.3 is 4.74 Å². The molecule has 0 heterocycles. The molecule has 1 aromatic carbocycles. The van der Waals surface area contributed by atoms with Gasteiger partial charge in [0.05, 0.1) is 0 Å². The van der Waals surface area contributed by atoms with Crippen LogP contribution >= 0.6 is 0 Å². The first kappa shape index (κ1) is 35.1. The number of hydrogen-bond acceptors (Lipinski definition) is 2. The lowest BCUT2D eigenvalue weighted by Gasteiger charge is -2.41. The highest BCUT2D eigenvalue weighted by Crippen LogP contribution is 2.61. The van der Waals surface area contributed by atoms with E-state index in [4.69, 9.17) is 5.26 Å². The molecule has 0 radical (unpaired) electrons. The van der Waals surface area contributed by atoms with Crippen LogP contribution in [-0.2, 0) is 0 Å². The molecule has 230 valence electrons. The van der Waals surface area contributed by atoms with Gasteiger partial charge in [-0.3, -0.25) is 0 Å². The van der Waals surface area contributed by atoms with Gasteiger partial charge in [-0.1, -0.05) is 0 Å². The second kappa shape index (κ2) is 10.5. The average molecular weight is 637 g/mol. The number of halogens is 21. The van der Waals surface area contributed by atoms with E-state index in [1.807, 2.05) is 0 Å². The standard InChI is InChI=1S/C17H4F21NO/c18-3-2(1-39)9(6(21)5(20)4(3)19)40-17(37,38)16(35,36)15(33,34)14(31,32)13(29,30)12(27,28)10(24)7(22)8(23)11(25)26/h7-8,10-11H. The van der Waals surface area contributed by atoms with Gasteiger partial charge in [0.2, 0.25) is 17.8 Å². The first-order valence-electron chi connectivity index (χ1n) is 9.04. The number of rotatable bonds is 11. The summed E-state index contributed by atoms with van der Waals surface area (Å²) in [4.78, 5) is 0. The first-order chi connectivity index (χ1) is 17.6. The Labute approximate surface area is 204 Å². The number of benzene rings is 1. The van der Waals surface area contributed by atoms with Crippen molar-refractivity contribution in [3.63, 3.8) is 0 Å². The Balaban J connectivity index is 3.71. The Bertz CT molecular complexity index is 1140. The normalized spacial score (nSPS) is 16.5. The molecule has 40 heavy (non-hydrogen) atoms. The van der Waals surface area contributed by atoms with Gasteiger partial charge in [-0.15, -0.1) is 0 Å². The van der Waals surface area contributed by atoms with E-state index in [1.54, 1.807) is 0 Å². The maximum Gasteiger partial charge on any atom is 0.471 e. The summed E-state index contributed by atoms with van der Waals surface area (Å²) in [7, 11) is 0. The summed E-state index contributed by atoms with van der Waals surface area (Å²) in [6, 6.07) is 0.159. The number of alkyl halides is 17. The highest BCUT2D eigenvalue weighted by Gasteiger charge is 2.92. The minimum Gasteiger partial charge on any atom is -0.423 e. The van der Waals surface area contributed by atoms with Crippen molar-refractivity contribution >= 4 is 0 Å². The SMILES string of the molecule is N#Cc1c(F)c(F)c(F)c(F)c1OC(F)(F)C(F)(F)C(F)(F)C(F)(F)C(F)(F)C(F)(F)C(F)C(F)C(F)C(F)F. The summed E-state index contributed by atoms with van der Waals surface area (Å²) >= 11 is 0. The van der Waals surface area contributed by atoms with Crippen LogP contribution in [-0.4, -0.2) is 60.7 Å². The van der Waals surface area contributed by atoms with E-state index in [0.717, 1.165) is 0 Å². The summed E-state index contributed by atoms with van der Waals surface area (Å²) in [5.74, 6) is -58.3. The van der Waals surface area contributed by atoms with Gasteiger partial charge in [-0.25, -0.2) is 35.1 Å². The third-order valence-electron chi connectivity index (χ3n) is 4.70. The number of nitriles is 1. The molecule has 0 aliphatic rings.